The maximum Gasteiger partial charge on any atom is 0.142 e. The minimum atomic E-state index is -0.124. The Balaban J connectivity index is 0. The van der Waals surface area contributed by atoms with E-state index in [1.807, 2.05) is 27.7 Å². The molecule has 17 heavy (non-hydrogen) atoms. The van der Waals surface area contributed by atoms with Crippen LogP contribution in [-0.2, 0) is 4.74 Å². The lowest BCUT2D eigenvalue weighted by atomic mass is 10.1. The third-order valence-electron chi connectivity index (χ3n) is 2.08. The average molecular weight is 239 g/mol. The van der Waals surface area contributed by atoms with Crippen molar-refractivity contribution in [3.8, 4) is 0 Å². The Morgan fingerprint density at radius 2 is 1.65 bits per heavy atom. The molecule has 0 aromatic carbocycles. The summed E-state index contributed by atoms with van der Waals surface area (Å²) in [7, 11) is 0. The SMILES string of the molecule is C=CC1=C(C=C)OC(C)(C)CCN1.CC.CC. The lowest BCUT2D eigenvalue weighted by molar-refractivity contribution is 0.0402. The fourth-order valence-electron chi connectivity index (χ4n) is 1.31. The predicted octanol–water partition coefficient (Wildman–Crippen LogP) is 4.41. The molecule has 0 aliphatic carbocycles. The fraction of sp³-hybridized carbons (Fsp3) is 0.600. The molecule has 2 nitrogen and oxygen atoms in total. The average Bonchev–Trinajstić information content (AvgIpc) is 2.51. The summed E-state index contributed by atoms with van der Waals surface area (Å²) in [6.07, 6.45) is 4.46. The maximum atomic E-state index is 5.78. The molecule has 2 heteroatoms. The lowest BCUT2D eigenvalue weighted by Crippen LogP contribution is -2.25. The molecular formula is C15H29NO. The number of allylic oxidation sites excluding steroid dienone is 2. The number of rotatable bonds is 2. The minimum absolute atomic E-state index is 0.124. The molecule has 0 aromatic heterocycles. The van der Waals surface area contributed by atoms with Gasteiger partial charge in [0.05, 0.1) is 5.70 Å². The van der Waals surface area contributed by atoms with E-state index in [-0.39, 0.29) is 5.60 Å². The van der Waals surface area contributed by atoms with Gasteiger partial charge in [0.1, 0.15) is 11.4 Å². The second kappa shape index (κ2) is 10.0. The second-order valence-corrected chi connectivity index (χ2v) is 3.72. The summed E-state index contributed by atoms with van der Waals surface area (Å²) in [5.74, 6) is 0.789. The lowest BCUT2D eigenvalue weighted by Gasteiger charge is -2.24. The van der Waals surface area contributed by atoms with Crippen molar-refractivity contribution in [2.24, 2.45) is 0 Å². The van der Waals surface area contributed by atoms with Crippen molar-refractivity contribution in [2.45, 2.75) is 53.6 Å². The third-order valence-corrected chi connectivity index (χ3v) is 2.08. The second-order valence-electron chi connectivity index (χ2n) is 3.72. The van der Waals surface area contributed by atoms with Gasteiger partial charge in [-0.3, -0.25) is 0 Å². The van der Waals surface area contributed by atoms with E-state index in [9.17, 15) is 0 Å². The van der Waals surface area contributed by atoms with Crippen molar-refractivity contribution in [3.63, 3.8) is 0 Å². The zero-order valence-corrected chi connectivity index (χ0v) is 12.4. The van der Waals surface area contributed by atoms with Gasteiger partial charge in [0, 0.05) is 13.0 Å². The van der Waals surface area contributed by atoms with E-state index in [2.05, 4.69) is 32.3 Å². The molecule has 0 unspecified atom stereocenters. The minimum Gasteiger partial charge on any atom is -0.486 e. The molecule has 0 saturated carbocycles. The van der Waals surface area contributed by atoms with Crippen LogP contribution >= 0.6 is 0 Å². The summed E-state index contributed by atoms with van der Waals surface area (Å²) in [5.41, 5.74) is 0.807. The molecular weight excluding hydrogens is 210 g/mol. The van der Waals surface area contributed by atoms with E-state index in [1.54, 1.807) is 12.2 Å². The van der Waals surface area contributed by atoms with Crippen LogP contribution in [0.1, 0.15) is 48.0 Å². The van der Waals surface area contributed by atoms with Gasteiger partial charge in [-0.2, -0.15) is 0 Å². The van der Waals surface area contributed by atoms with Gasteiger partial charge in [-0.1, -0.05) is 40.9 Å². The Kier molecular flexibility index (Phi) is 10.7. The molecule has 0 radical (unpaired) electrons. The Hall–Kier alpha value is -1.18. The van der Waals surface area contributed by atoms with Crippen LogP contribution in [0.4, 0.5) is 0 Å². The van der Waals surface area contributed by atoms with E-state index >= 15 is 0 Å². The largest absolute Gasteiger partial charge is 0.486 e. The Morgan fingerprint density at radius 1 is 1.12 bits per heavy atom. The van der Waals surface area contributed by atoms with Crippen LogP contribution in [-0.4, -0.2) is 12.1 Å². The molecule has 0 saturated heterocycles. The van der Waals surface area contributed by atoms with Crippen LogP contribution in [0.25, 0.3) is 0 Å². The highest BCUT2D eigenvalue weighted by molar-refractivity contribution is 5.26. The number of nitrogens with one attached hydrogen (secondary N) is 1. The van der Waals surface area contributed by atoms with Gasteiger partial charge in [0.2, 0.25) is 0 Å². The standard InChI is InChI=1S/C11H17NO.2C2H6/c1-5-9-10(6-2)13-11(3,4)7-8-12-9;2*1-2/h5-6,12H,1-2,7-8H2,3-4H3;2*1-2H3. The summed E-state index contributed by atoms with van der Waals surface area (Å²) in [5, 5.41) is 3.25. The molecule has 1 heterocycles. The number of ether oxygens (including phenoxy) is 1. The third kappa shape index (κ3) is 6.88. The van der Waals surface area contributed by atoms with Crippen molar-refractivity contribution < 1.29 is 4.74 Å². The van der Waals surface area contributed by atoms with Gasteiger partial charge in [-0.25, -0.2) is 0 Å². The Labute approximate surface area is 107 Å². The van der Waals surface area contributed by atoms with Crippen LogP contribution < -0.4 is 5.32 Å². The predicted molar refractivity (Wildman–Crippen MR) is 77.9 cm³/mol. The van der Waals surface area contributed by atoms with E-state index in [4.69, 9.17) is 4.74 Å². The van der Waals surface area contributed by atoms with Crippen molar-refractivity contribution in [3.05, 3.63) is 36.8 Å². The molecule has 0 amide bonds. The highest BCUT2D eigenvalue weighted by atomic mass is 16.5. The highest BCUT2D eigenvalue weighted by Crippen LogP contribution is 2.23. The van der Waals surface area contributed by atoms with Crippen molar-refractivity contribution in [1.29, 1.82) is 0 Å². The van der Waals surface area contributed by atoms with Crippen LogP contribution in [0.2, 0.25) is 0 Å². The molecule has 1 N–H and O–H groups in total. The summed E-state index contributed by atoms with van der Waals surface area (Å²) in [6, 6.07) is 0. The summed E-state index contributed by atoms with van der Waals surface area (Å²) in [4.78, 5) is 0. The smallest absolute Gasteiger partial charge is 0.142 e. The Morgan fingerprint density at radius 3 is 2.06 bits per heavy atom. The highest BCUT2D eigenvalue weighted by Gasteiger charge is 2.23. The van der Waals surface area contributed by atoms with E-state index in [0.29, 0.717) is 0 Å². The molecule has 0 atom stereocenters. The van der Waals surface area contributed by atoms with Gasteiger partial charge in [0.15, 0.2) is 0 Å². The van der Waals surface area contributed by atoms with Crippen LogP contribution in [0.5, 0.6) is 0 Å². The summed E-state index contributed by atoms with van der Waals surface area (Å²) >= 11 is 0. The monoisotopic (exact) mass is 239 g/mol. The summed E-state index contributed by atoms with van der Waals surface area (Å²) < 4.78 is 5.78. The van der Waals surface area contributed by atoms with Crippen LogP contribution in [0.15, 0.2) is 36.8 Å². The molecule has 0 aromatic rings. The van der Waals surface area contributed by atoms with Crippen LogP contribution in [0, 0.1) is 0 Å². The van der Waals surface area contributed by atoms with Gasteiger partial charge < -0.3 is 10.1 Å². The maximum absolute atomic E-state index is 5.78. The first-order valence-corrected chi connectivity index (χ1v) is 6.51. The normalized spacial score (nSPS) is 16.8. The van der Waals surface area contributed by atoms with E-state index < -0.39 is 0 Å². The van der Waals surface area contributed by atoms with Crippen LogP contribution in [0.3, 0.4) is 0 Å². The Bertz CT molecular complexity index is 252. The first-order valence-electron chi connectivity index (χ1n) is 6.51. The van der Waals surface area contributed by atoms with Gasteiger partial charge in [-0.05, 0) is 26.0 Å². The quantitative estimate of drug-likeness (QED) is 0.770. The fourth-order valence-corrected chi connectivity index (χ4v) is 1.31. The van der Waals surface area contributed by atoms with Crippen molar-refractivity contribution >= 4 is 0 Å². The first kappa shape index (κ1) is 18.2. The van der Waals surface area contributed by atoms with E-state index in [0.717, 1.165) is 24.4 Å². The zero-order chi connectivity index (χ0) is 13.9. The van der Waals surface area contributed by atoms with Gasteiger partial charge in [0.25, 0.3) is 0 Å². The molecule has 100 valence electrons. The number of hydrogen-bond acceptors (Lipinski definition) is 2. The topological polar surface area (TPSA) is 21.3 Å². The number of hydrogen-bond donors (Lipinski definition) is 1. The first-order chi connectivity index (χ1) is 8.09. The van der Waals surface area contributed by atoms with Crippen molar-refractivity contribution in [1.82, 2.24) is 5.32 Å². The molecule has 1 aliphatic rings. The summed E-state index contributed by atoms with van der Waals surface area (Å²) in [6.45, 7) is 20.5. The molecule has 1 aliphatic heterocycles. The van der Waals surface area contributed by atoms with Crippen molar-refractivity contribution in [2.75, 3.05) is 6.54 Å². The molecule has 0 spiro atoms. The molecule has 0 fully saturated rings. The molecule has 1 rings (SSSR count). The molecule has 0 bridgehead atoms. The van der Waals surface area contributed by atoms with Gasteiger partial charge >= 0.3 is 0 Å². The van der Waals surface area contributed by atoms with Gasteiger partial charge in [-0.15, -0.1) is 0 Å². The zero-order valence-electron chi connectivity index (χ0n) is 12.4. The van der Waals surface area contributed by atoms with E-state index in [1.165, 1.54) is 0 Å².